The summed E-state index contributed by atoms with van der Waals surface area (Å²) in [7, 11) is 0. The first-order chi connectivity index (χ1) is 8.81. The fourth-order valence-corrected chi connectivity index (χ4v) is 1.88. The zero-order valence-corrected chi connectivity index (χ0v) is 12.7. The molecule has 0 aliphatic heterocycles. The first-order valence-electron chi connectivity index (χ1n) is 5.94. The van der Waals surface area contributed by atoms with Crippen LogP contribution in [0.25, 0.3) is 0 Å². The van der Waals surface area contributed by atoms with E-state index in [1.165, 1.54) is 0 Å². The molecule has 1 aromatic carbocycles. The average molecular weight is 328 g/mol. The van der Waals surface area contributed by atoms with E-state index < -0.39 is 12.1 Å². The number of hydrogen-bond acceptors (Lipinski definition) is 2. The second-order valence-electron chi connectivity index (χ2n) is 4.68. The minimum absolute atomic E-state index is 0.0518. The Kier molecular flexibility index (Phi) is 5.35. The summed E-state index contributed by atoms with van der Waals surface area (Å²) < 4.78 is 0.973. The molecule has 0 aliphatic carbocycles. The molecule has 5 nitrogen and oxygen atoms in total. The fourth-order valence-electron chi connectivity index (χ4n) is 1.63. The van der Waals surface area contributed by atoms with Crippen molar-refractivity contribution in [2.75, 3.05) is 5.32 Å². The van der Waals surface area contributed by atoms with Gasteiger partial charge in [0.1, 0.15) is 6.04 Å². The van der Waals surface area contributed by atoms with Crippen LogP contribution in [0.15, 0.2) is 22.7 Å². The second-order valence-corrected chi connectivity index (χ2v) is 5.54. The molecule has 0 heterocycles. The Labute approximate surface area is 121 Å². The van der Waals surface area contributed by atoms with Gasteiger partial charge < -0.3 is 16.4 Å². The Balaban J connectivity index is 2.81. The lowest BCUT2D eigenvalue weighted by atomic mass is 10.0. The third-order valence-corrected chi connectivity index (χ3v) is 3.56. The summed E-state index contributed by atoms with van der Waals surface area (Å²) in [5, 5.41) is 5.21. The summed E-state index contributed by atoms with van der Waals surface area (Å²) in [4.78, 5) is 23.0. The molecule has 6 heteroatoms. The molecule has 0 aliphatic rings. The highest BCUT2D eigenvalue weighted by molar-refractivity contribution is 9.10. The molecule has 0 radical (unpaired) electrons. The first kappa shape index (κ1) is 15.5. The van der Waals surface area contributed by atoms with Crippen LogP contribution in [0.2, 0.25) is 0 Å². The molecule has 1 rings (SSSR count). The van der Waals surface area contributed by atoms with E-state index in [2.05, 4.69) is 26.6 Å². The van der Waals surface area contributed by atoms with Gasteiger partial charge in [-0.15, -0.1) is 0 Å². The second kappa shape index (κ2) is 6.56. The summed E-state index contributed by atoms with van der Waals surface area (Å²) in [6.07, 6.45) is 0. The number of amides is 3. The summed E-state index contributed by atoms with van der Waals surface area (Å²) >= 11 is 3.39. The lowest BCUT2D eigenvalue weighted by Crippen LogP contribution is -2.49. The number of carbonyl (C=O) groups excluding carboxylic acids is 2. The van der Waals surface area contributed by atoms with Gasteiger partial charge in [0, 0.05) is 10.2 Å². The number of carbonyl (C=O) groups is 2. The lowest BCUT2D eigenvalue weighted by molar-refractivity contribution is -0.118. The maximum absolute atomic E-state index is 12.1. The van der Waals surface area contributed by atoms with Gasteiger partial charge in [-0.3, -0.25) is 4.79 Å². The average Bonchev–Trinajstić information content (AvgIpc) is 2.30. The molecule has 104 valence electrons. The molecular weight excluding hydrogens is 310 g/mol. The van der Waals surface area contributed by atoms with E-state index >= 15 is 0 Å². The Morgan fingerprint density at radius 2 is 1.95 bits per heavy atom. The standard InChI is InChI=1S/C13H18BrN3O2/c1-7(2)11(17-13(15)19)12(18)16-9-4-5-10(14)8(3)6-9/h4-7,11H,1-3H3,(H,16,18)(H3,15,17,19)/t11-/m0/s1. The molecule has 0 aromatic heterocycles. The Morgan fingerprint density at radius 3 is 2.42 bits per heavy atom. The predicted octanol–water partition coefficient (Wildman–Crippen LogP) is 2.39. The van der Waals surface area contributed by atoms with Crippen molar-refractivity contribution in [3.05, 3.63) is 28.2 Å². The number of anilines is 1. The number of hydrogen-bond donors (Lipinski definition) is 3. The highest BCUT2D eigenvalue weighted by Crippen LogP contribution is 2.20. The predicted molar refractivity (Wildman–Crippen MR) is 78.9 cm³/mol. The van der Waals surface area contributed by atoms with Crippen LogP contribution in [0.5, 0.6) is 0 Å². The zero-order valence-electron chi connectivity index (χ0n) is 11.2. The number of nitrogens with one attached hydrogen (secondary N) is 2. The van der Waals surface area contributed by atoms with Crippen molar-refractivity contribution in [1.82, 2.24) is 5.32 Å². The number of primary amides is 1. The van der Waals surface area contributed by atoms with Crippen molar-refractivity contribution in [3.8, 4) is 0 Å². The Hall–Kier alpha value is -1.56. The molecule has 0 unspecified atom stereocenters. The van der Waals surface area contributed by atoms with E-state index in [4.69, 9.17) is 5.73 Å². The van der Waals surface area contributed by atoms with Crippen LogP contribution in [0.4, 0.5) is 10.5 Å². The highest BCUT2D eigenvalue weighted by atomic mass is 79.9. The molecule has 0 fully saturated rings. The number of halogens is 1. The van der Waals surface area contributed by atoms with Crippen molar-refractivity contribution >= 4 is 33.6 Å². The molecule has 1 atom stereocenters. The molecule has 0 bridgehead atoms. The van der Waals surface area contributed by atoms with Gasteiger partial charge >= 0.3 is 6.03 Å². The van der Waals surface area contributed by atoms with Gasteiger partial charge in [0.05, 0.1) is 0 Å². The molecule has 0 saturated heterocycles. The van der Waals surface area contributed by atoms with E-state index in [1.807, 2.05) is 32.9 Å². The maximum atomic E-state index is 12.1. The van der Waals surface area contributed by atoms with E-state index in [1.54, 1.807) is 6.07 Å². The SMILES string of the molecule is Cc1cc(NC(=O)[C@@H](NC(N)=O)C(C)C)ccc1Br. The molecule has 0 saturated carbocycles. The van der Waals surface area contributed by atoms with Crippen LogP contribution in [0.1, 0.15) is 19.4 Å². The largest absolute Gasteiger partial charge is 0.352 e. The van der Waals surface area contributed by atoms with Crippen molar-refractivity contribution < 1.29 is 9.59 Å². The maximum Gasteiger partial charge on any atom is 0.312 e. The Bertz CT molecular complexity index is 489. The van der Waals surface area contributed by atoms with Gasteiger partial charge in [-0.25, -0.2) is 4.79 Å². The summed E-state index contributed by atoms with van der Waals surface area (Å²) in [5.41, 5.74) is 6.77. The smallest absolute Gasteiger partial charge is 0.312 e. The van der Waals surface area contributed by atoms with Gasteiger partial charge in [-0.05, 0) is 36.6 Å². The van der Waals surface area contributed by atoms with Crippen LogP contribution in [0, 0.1) is 12.8 Å². The van der Waals surface area contributed by atoms with Crippen molar-refractivity contribution in [1.29, 1.82) is 0 Å². The quantitative estimate of drug-likeness (QED) is 0.793. The fraction of sp³-hybridized carbons (Fsp3) is 0.385. The molecular formula is C13H18BrN3O2. The zero-order chi connectivity index (χ0) is 14.6. The third-order valence-electron chi connectivity index (χ3n) is 2.67. The Morgan fingerprint density at radius 1 is 1.32 bits per heavy atom. The summed E-state index contributed by atoms with van der Waals surface area (Å²) in [6, 6.07) is 4.14. The summed E-state index contributed by atoms with van der Waals surface area (Å²) in [5.74, 6) is -0.334. The van der Waals surface area contributed by atoms with E-state index in [-0.39, 0.29) is 11.8 Å². The third kappa shape index (κ3) is 4.55. The minimum atomic E-state index is -0.708. The topological polar surface area (TPSA) is 84.2 Å². The van der Waals surface area contributed by atoms with Crippen molar-refractivity contribution in [3.63, 3.8) is 0 Å². The summed E-state index contributed by atoms with van der Waals surface area (Å²) in [6.45, 7) is 5.61. The van der Waals surface area contributed by atoms with Crippen LogP contribution < -0.4 is 16.4 Å². The number of aryl methyl sites for hydroxylation is 1. The first-order valence-corrected chi connectivity index (χ1v) is 6.73. The van der Waals surface area contributed by atoms with E-state index in [9.17, 15) is 9.59 Å². The van der Waals surface area contributed by atoms with Gasteiger partial charge in [0.15, 0.2) is 0 Å². The molecule has 3 amide bonds. The molecule has 0 spiro atoms. The number of urea groups is 1. The van der Waals surface area contributed by atoms with E-state index in [0.717, 1.165) is 10.0 Å². The lowest BCUT2D eigenvalue weighted by Gasteiger charge is -2.20. The molecule has 4 N–H and O–H groups in total. The van der Waals surface area contributed by atoms with Gasteiger partial charge in [0.2, 0.25) is 5.91 Å². The van der Waals surface area contributed by atoms with Crippen molar-refractivity contribution in [2.45, 2.75) is 26.8 Å². The highest BCUT2D eigenvalue weighted by Gasteiger charge is 2.23. The van der Waals surface area contributed by atoms with Crippen LogP contribution in [0.3, 0.4) is 0 Å². The van der Waals surface area contributed by atoms with Gasteiger partial charge in [-0.1, -0.05) is 29.8 Å². The van der Waals surface area contributed by atoms with Crippen LogP contribution in [-0.4, -0.2) is 18.0 Å². The minimum Gasteiger partial charge on any atom is -0.352 e. The normalized spacial score (nSPS) is 12.1. The molecule has 1 aromatic rings. The van der Waals surface area contributed by atoms with Crippen LogP contribution in [-0.2, 0) is 4.79 Å². The number of benzene rings is 1. The van der Waals surface area contributed by atoms with Crippen molar-refractivity contribution in [2.24, 2.45) is 11.7 Å². The monoisotopic (exact) mass is 327 g/mol. The number of nitrogens with two attached hydrogens (primary N) is 1. The molecule has 19 heavy (non-hydrogen) atoms. The van der Waals surface area contributed by atoms with Gasteiger partial charge in [-0.2, -0.15) is 0 Å². The van der Waals surface area contributed by atoms with Crippen LogP contribution >= 0.6 is 15.9 Å². The van der Waals surface area contributed by atoms with E-state index in [0.29, 0.717) is 5.69 Å². The number of rotatable bonds is 4. The van der Waals surface area contributed by atoms with Gasteiger partial charge in [0.25, 0.3) is 0 Å².